The predicted molar refractivity (Wildman–Crippen MR) is 70.9 cm³/mol. The summed E-state index contributed by atoms with van der Waals surface area (Å²) in [6.45, 7) is 2.88. The Labute approximate surface area is 112 Å². The highest BCUT2D eigenvalue weighted by Gasteiger charge is 2.13. The molecule has 18 heavy (non-hydrogen) atoms. The Morgan fingerprint density at radius 1 is 1.44 bits per heavy atom. The van der Waals surface area contributed by atoms with E-state index in [1.54, 1.807) is 7.11 Å². The summed E-state index contributed by atoms with van der Waals surface area (Å²) in [6.07, 6.45) is 0. The van der Waals surface area contributed by atoms with Crippen LogP contribution in [0.1, 0.15) is 12.5 Å². The Balaban J connectivity index is 2.56. The average molecular weight is 272 g/mol. The zero-order valence-electron chi connectivity index (χ0n) is 10.8. The number of nitrogens with one attached hydrogen (secondary N) is 1. The molecular weight excluding hydrogens is 254 g/mol. The maximum Gasteiger partial charge on any atom is 0.309 e. The lowest BCUT2D eigenvalue weighted by Gasteiger charge is -2.13. The topological polar surface area (TPSA) is 47.6 Å². The van der Waals surface area contributed by atoms with E-state index in [1.165, 1.54) is 7.11 Å². The Hall–Kier alpha value is -1.26. The lowest BCUT2D eigenvalue weighted by atomic mass is 10.1. The summed E-state index contributed by atoms with van der Waals surface area (Å²) in [7, 11) is 2.99. The first-order valence-electron chi connectivity index (χ1n) is 5.70. The van der Waals surface area contributed by atoms with Gasteiger partial charge in [0, 0.05) is 23.7 Å². The van der Waals surface area contributed by atoms with Gasteiger partial charge in [-0.05, 0) is 12.1 Å². The van der Waals surface area contributed by atoms with Crippen molar-refractivity contribution < 1.29 is 14.3 Å². The van der Waals surface area contributed by atoms with Gasteiger partial charge in [-0.1, -0.05) is 24.6 Å². The number of esters is 1. The molecule has 0 saturated heterocycles. The van der Waals surface area contributed by atoms with Crippen LogP contribution in [0.25, 0.3) is 0 Å². The van der Waals surface area contributed by atoms with Crippen molar-refractivity contribution in [2.24, 2.45) is 5.92 Å². The van der Waals surface area contributed by atoms with Gasteiger partial charge in [-0.3, -0.25) is 4.79 Å². The molecule has 4 nitrogen and oxygen atoms in total. The number of rotatable bonds is 6. The first kappa shape index (κ1) is 14.8. The summed E-state index contributed by atoms with van der Waals surface area (Å²) in [6, 6.07) is 5.50. The standard InChI is InChI=1S/C13H18ClNO3/c1-9(13(16)18-3)7-15-8-10-11(14)5-4-6-12(10)17-2/h4-6,9,15H,7-8H2,1-3H3. The quantitative estimate of drug-likeness (QED) is 0.806. The van der Waals surface area contributed by atoms with Crippen molar-refractivity contribution in [3.63, 3.8) is 0 Å². The molecule has 5 heteroatoms. The minimum absolute atomic E-state index is 0.191. The largest absolute Gasteiger partial charge is 0.496 e. The molecule has 0 aliphatic carbocycles. The van der Waals surface area contributed by atoms with Crippen LogP contribution >= 0.6 is 11.6 Å². The fourth-order valence-electron chi connectivity index (χ4n) is 1.60. The van der Waals surface area contributed by atoms with E-state index in [0.29, 0.717) is 18.1 Å². The van der Waals surface area contributed by atoms with Gasteiger partial charge in [0.25, 0.3) is 0 Å². The molecule has 0 saturated carbocycles. The van der Waals surface area contributed by atoms with Crippen LogP contribution in [0.2, 0.25) is 5.02 Å². The van der Waals surface area contributed by atoms with Crippen molar-refractivity contribution in [1.29, 1.82) is 0 Å². The molecule has 0 amide bonds. The third-order valence-corrected chi connectivity index (χ3v) is 3.01. The second-order valence-corrected chi connectivity index (χ2v) is 4.38. The Kier molecular flexibility index (Phi) is 5.95. The maximum absolute atomic E-state index is 11.2. The van der Waals surface area contributed by atoms with Gasteiger partial charge in [0.1, 0.15) is 5.75 Å². The number of methoxy groups -OCH3 is 2. The van der Waals surface area contributed by atoms with Gasteiger partial charge in [-0.25, -0.2) is 0 Å². The molecule has 0 bridgehead atoms. The van der Waals surface area contributed by atoms with Crippen LogP contribution in [-0.2, 0) is 16.1 Å². The van der Waals surface area contributed by atoms with Crippen LogP contribution in [0.15, 0.2) is 18.2 Å². The Morgan fingerprint density at radius 2 is 2.17 bits per heavy atom. The number of hydrogen-bond donors (Lipinski definition) is 1. The molecular formula is C13H18ClNO3. The molecule has 1 aromatic carbocycles. The van der Waals surface area contributed by atoms with E-state index in [1.807, 2.05) is 25.1 Å². The molecule has 0 heterocycles. The number of hydrogen-bond acceptors (Lipinski definition) is 4. The smallest absolute Gasteiger partial charge is 0.309 e. The predicted octanol–water partition coefficient (Wildman–Crippen LogP) is 2.25. The second-order valence-electron chi connectivity index (χ2n) is 3.98. The summed E-state index contributed by atoms with van der Waals surface area (Å²) >= 11 is 6.10. The van der Waals surface area contributed by atoms with Crippen LogP contribution in [0.5, 0.6) is 5.75 Å². The highest BCUT2D eigenvalue weighted by Crippen LogP contribution is 2.25. The maximum atomic E-state index is 11.2. The third kappa shape index (κ3) is 3.89. The number of halogens is 1. The van der Waals surface area contributed by atoms with Crippen LogP contribution in [-0.4, -0.2) is 26.7 Å². The van der Waals surface area contributed by atoms with E-state index in [-0.39, 0.29) is 11.9 Å². The molecule has 100 valence electrons. The van der Waals surface area contributed by atoms with Crippen molar-refractivity contribution in [3.8, 4) is 5.75 Å². The second kappa shape index (κ2) is 7.24. The van der Waals surface area contributed by atoms with Crippen molar-refractivity contribution >= 4 is 17.6 Å². The Bertz CT molecular complexity index is 409. The van der Waals surface area contributed by atoms with Gasteiger partial charge in [0.15, 0.2) is 0 Å². The van der Waals surface area contributed by atoms with Gasteiger partial charge < -0.3 is 14.8 Å². The molecule has 0 aliphatic rings. The Morgan fingerprint density at radius 3 is 2.78 bits per heavy atom. The zero-order chi connectivity index (χ0) is 13.5. The van der Waals surface area contributed by atoms with E-state index in [9.17, 15) is 4.79 Å². The van der Waals surface area contributed by atoms with Crippen LogP contribution in [0.3, 0.4) is 0 Å². The number of ether oxygens (including phenoxy) is 2. The number of benzene rings is 1. The van der Waals surface area contributed by atoms with Gasteiger partial charge >= 0.3 is 5.97 Å². The molecule has 0 aromatic heterocycles. The van der Waals surface area contributed by atoms with Crippen LogP contribution in [0, 0.1) is 5.92 Å². The minimum atomic E-state index is -0.228. The molecule has 0 spiro atoms. The van der Waals surface area contributed by atoms with Crippen molar-refractivity contribution in [1.82, 2.24) is 5.32 Å². The number of carbonyl (C=O) groups is 1. The van der Waals surface area contributed by atoms with Crippen molar-refractivity contribution in [2.45, 2.75) is 13.5 Å². The fourth-order valence-corrected chi connectivity index (χ4v) is 1.83. The minimum Gasteiger partial charge on any atom is -0.496 e. The molecule has 1 atom stereocenters. The molecule has 0 aliphatic heterocycles. The van der Waals surface area contributed by atoms with E-state index in [4.69, 9.17) is 16.3 Å². The molecule has 1 N–H and O–H groups in total. The molecule has 0 radical (unpaired) electrons. The summed E-state index contributed by atoms with van der Waals surface area (Å²) in [4.78, 5) is 11.2. The van der Waals surface area contributed by atoms with E-state index in [0.717, 1.165) is 11.3 Å². The third-order valence-electron chi connectivity index (χ3n) is 2.65. The summed E-state index contributed by atoms with van der Waals surface area (Å²) < 4.78 is 9.89. The first-order valence-corrected chi connectivity index (χ1v) is 6.07. The van der Waals surface area contributed by atoms with Crippen LogP contribution in [0.4, 0.5) is 0 Å². The molecule has 0 fully saturated rings. The average Bonchev–Trinajstić information content (AvgIpc) is 2.39. The number of carbonyl (C=O) groups excluding carboxylic acids is 1. The van der Waals surface area contributed by atoms with Crippen LogP contribution < -0.4 is 10.1 Å². The van der Waals surface area contributed by atoms with Gasteiger partial charge in [0.05, 0.1) is 20.1 Å². The van der Waals surface area contributed by atoms with Gasteiger partial charge in [0.2, 0.25) is 0 Å². The van der Waals surface area contributed by atoms with E-state index < -0.39 is 0 Å². The zero-order valence-corrected chi connectivity index (χ0v) is 11.6. The van der Waals surface area contributed by atoms with Gasteiger partial charge in [-0.15, -0.1) is 0 Å². The van der Waals surface area contributed by atoms with Crippen molar-refractivity contribution in [3.05, 3.63) is 28.8 Å². The van der Waals surface area contributed by atoms with E-state index in [2.05, 4.69) is 10.1 Å². The van der Waals surface area contributed by atoms with E-state index >= 15 is 0 Å². The highest BCUT2D eigenvalue weighted by molar-refractivity contribution is 6.31. The highest BCUT2D eigenvalue weighted by atomic mass is 35.5. The molecule has 1 unspecified atom stereocenters. The summed E-state index contributed by atoms with van der Waals surface area (Å²) in [5, 5.41) is 3.81. The first-order chi connectivity index (χ1) is 8.60. The molecule has 1 rings (SSSR count). The SMILES string of the molecule is COC(=O)C(C)CNCc1c(Cl)cccc1OC. The van der Waals surface area contributed by atoms with Gasteiger partial charge in [-0.2, -0.15) is 0 Å². The lowest BCUT2D eigenvalue weighted by Crippen LogP contribution is -2.27. The summed E-state index contributed by atoms with van der Waals surface area (Å²) in [5.74, 6) is 0.317. The lowest BCUT2D eigenvalue weighted by molar-refractivity contribution is -0.144. The fraction of sp³-hybridized carbons (Fsp3) is 0.462. The normalized spacial score (nSPS) is 12.0. The van der Waals surface area contributed by atoms with Crippen molar-refractivity contribution in [2.75, 3.05) is 20.8 Å². The summed E-state index contributed by atoms with van der Waals surface area (Å²) in [5.41, 5.74) is 0.888. The molecule has 1 aromatic rings. The monoisotopic (exact) mass is 271 g/mol.